The average molecular weight is 587 g/mol. The lowest BCUT2D eigenvalue weighted by atomic mass is 9.71. The number of aromatic nitrogens is 3. The number of para-hydroxylation sites is 1. The molecular formula is C40H50N4. The first-order chi connectivity index (χ1) is 21.7. The highest BCUT2D eigenvalue weighted by molar-refractivity contribution is 5.70. The van der Waals surface area contributed by atoms with E-state index < -0.39 is 0 Å². The molecule has 2 heterocycles. The van der Waals surface area contributed by atoms with Crippen molar-refractivity contribution in [2.45, 2.75) is 109 Å². The largest absolute Gasteiger partial charge is 0.310 e. The molecule has 6 rings (SSSR count). The predicted molar refractivity (Wildman–Crippen MR) is 184 cm³/mol. The van der Waals surface area contributed by atoms with Crippen molar-refractivity contribution in [3.63, 3.8) is 0 Å². The summed E-state index contributed by atoms with van der Waals surface area (Å²) < 4.78 is 0. The highest BCUT2D eigenvalue weighted by Gasteiger charge is 2.32. The number of nitrogens with zero attached hydrogens (tertiary/aromatic N) is 4. The second-order valence-corrected chi connectivity index (χ2v) is 13.4. The van der Waals surface area contributed by atoms with Crippen LogP contribution in [-0.4, -0.2) is 21.5 Å². The maximum absolute atomic E-state index is 5.07. The third kappa shape index (κ3) is 7.39. The minimum absolute atomic E-state index is 0.496. The van der Waals surface area contributed by atoms with Gasteiger partial charge in [0.15, 0.2) is 11.6 Å². The fourth-order valence-corrected chi connectivity index (χ4v) is 7.75. The Labute approximate surface area is 265 Å². The second kappa shape index (κ2) is 15.0. The normalized spacial score (nSPS) is 18.3. The van der Waals surface area contributed by atoms with Crippen LogP contribution in [0, 0.1) is 5.41 Å². The van der Waals surface area contributed by atoms with E-state index in [1.165, 1.54) is 108 Å². The molecule has 0 radical (unpaired) electrons. The zero-order valence-electron chi connectivity index (χ0n) is 26.8. The van der Waals surface area contributed by atoms with E-state index in [-0.39, 0.29) is 0 Å². The molecule has 1 fully saturated rings. The highest BCUT2D eigenvalue weighted by atomic mass is 15.3. The number of hydrogen-bond donors (Lipinski definition) is 0. The zero-order valence-corrected chi connectivity index (χ0v) is 26.8. The molecule has 3 aromatic carbocycles. The SMILES string of the molecule is CCCCC1(CCCCC2CN(c3nc(-c4ccccc4)nc(-c4ccccc4)n3)c3ccccc32)CCCCCCCC1. The first-order valence-electron chi connectivity index (χ1n) is 17.5. The van der Waals surface area contributed by atoms with Crippen LogP contribution < -0.4 is 4.90 Å². The first-order valence-corrected chi connectivity index (χ1v) is 17.5. The van der Waals surface area contributed by atoms with Crippen LogP contribution in [0.25, 0.3) is 22.8 Å². The lowest BCUT2D eigenvalue weighted by molar-refractivity contribution is 0.178. The number of hydrogen-bond acceptors (Lipinski definition) is 4. The number of anilines is 2. The monoisotopic (exact) mass is 586 g/mol. The van der Waals surface area contributed by atoms with E-state index >= 15 is 0 Å². The van der Waals surface area contributed by atoms with E-state index in [1.54, 1.807) is 0 Å². The van der Waals surface area contributed by atoms with Crippen molar-refractivity contribution in [2.75, 3.05) is 11.4 Å². The molecule has 0 N–H and O–H groups in total. The maximum Gasteiger partial charge on any atom is 0.234 e. The molecule has 0 amide bonds. The Balaban J connectivity index is 1.20. The van der Waals surface area contributed by atoms with Gasteiger partial charge in [-0.05, 0) is 49.1 Å². The first kappa shape index (κ1) is 30.5. The Morgan fingerprint density at radius 3 is 1.84 bits per heavy atom. The van der Waals surface area contributed by atoms with Crippen LogP contribution in [0.5, 0.6) is 0 Å². The summed E-state index contributed by atoms with van der Waals surface area (Å²) in [7, 11) is 0. The fourth-order valence-electron chi connectivity index (χ4n) is 7.75. The predicted octanol–water partition coefficient (Wildman–Crippen LogP) is 11.3. The molecule has 4 nitrogen and oxygen atoms in total. The van der Waals surface area contributed by atoms with Gasteiger partial charge in [-0.3, -0.25) is 0 Å². The summed E-state index contributed by atoms with van der Waals surface area (Å²) in [5.41, 5.74) is 5.31. The van der Waals surface area contributed by atoms with Crippen LogP contribution in [0.15, 0.2) is 84.9 Å². The van der Waals surface area contributed by atoms with Gasteiger partial charge in [0.25, 0.3) is 0 Å². The molecule has 1 aromatic heterocycles. The van der Waals surface area contributed by atoms with Crippen molar-refractivity contribution in [3.05, 3.63) is 90.5 Å². The number of unbranched alkanes of at least 4 members (excludes halogenated alkanes) is 2. The maximum atomic E-state index is 5.07. The van der Waals surface area contributed by atoms with Gasteiger partial charge in [0.05, 0.1) is 0 Å². The van der Waals surface area contributed by atoms with Crippen molar-refractivity contribution >= 4 is 11.6 Å². The molecule has 4 aromatic rings. The lowest BCUT2D eigenvalue weighted by Crippen LogP contribution is -2.21. The Morgan fingerprint density at radius 2 is 1.20 bits per heavy atom. The minimum atomic E-state index is 0.496. The van der Waals surface area contributed by atoms with Crippen molar-refractivity contribution < 1.29 is 0 Å². The van der Waals surface area contributed by atoms with Crippen molar-refractivity contribution in [3.8, 4) is 22.8 Å². The Bertz CT molecular complexity index is 1380. The number of fused-ring (bicyclic) bond motifs is 1. The summed E-state index contributed by atoms with van der Waals surface area (Å²) in [6.45, 7) is 3.29. The van der Waals surface area contributed by atoms with Gasteiger partial charge in [0.2, 0.25) is 5.95 Å². The summed E-state index contributed by atoms with van der Waals surface area (Å²) in [5, 5.41) is 0. The third-order valence-electron chi connectivity index (χ3n) is 10.2. The van der Waals surface area contributed by atoms with E-state index in [9.17, 15) is 0 Å². The van der Waals surface area contributed by atoms with Crippen LogP contribution in [0.4, 0.5) is 11.6 Å². The lowest BCUT2D eigenvalue weighted by Gasteiger charge is -2.34. The molecule has 1 saturated carbocycles. The van der Waals surface area contributed by atoms with Crippen molar-refractivity contribution in [2.24, 2.45) is 5.41 Å². The summed E-state index contributed by atoms with van der Waals surface area (Å²) in [6.07, 6.45) is 21.0. The van der Waals surface area contributed by atoms with Gasteiger partial charge in [-0.25, -0.2) is 4.98 Å². The van der Waals surface area contributed by atoms with Crippen molar-refractivity contribution in [1.82, 2.24) is 15.0 Å². The molecule has 1 atom stereocenters. The molecule has 44 heavy (non-hydrogen) atoms. The van der Waals surface area contributed by atoms with Gasteiger partial charge in [-0.2, -0.15) is 9.97 Å². The van der Waals surface area contributed by atoms with Gasteiger partial charge in [0.1, 0.15) is 0 Å². The fraction of sp³-hybridized carbons (Fsp3) is 0.475. The molecular weight excluding hydrogens is 536 g/mol. The van der Waals surface area contributed by atoms with E-state index in [1.807, 2.05) is 36.4 Å². The molecule has 0 saturated heterocycles. The molecule has 0 bridgehead atoms. The van der Waals surface area contributed by atoms with Crippen LogP contribution in [0.3, 0.4) is 0 Å². The molecule has 1 aliphatic heterocycles. The summed E-state index contributed by atoms with van der Waals surface area (Å²) in [6, 6.07) is 29.5. The van der Waals surface area contributed by atoms with Crippen LogP contribution in [-0.2, 0) is 0 Å². The topological polar surface area (TPSA) is 41.9 Å². The Kier molecular flexibility index (Phi) is 10.4. The van der Waals surface area contributed by atoms with Crippen LogP contribution >= 0.6 is 0 Å². The van der Waals surface area contributed by atoms with Crippen LogP contribution in [0.2, 0.25) is 0 Å². The quantitative estimate of drug-likeness (QED) is 0.164. The molecule has 1 aliphatic carbocycles. The summed E-state index contributed by atoms with van der Waals surface area (Å²) in [4.78, 5) is 17.4. The zero-order chi connectivity index (χ0) is 30.0. The van der Waals surface area contributed by atoms with Gasteiger partial charge < -0.3 is 4.90 Å². The summed E-state index contributed by atoms with van der Waals surface area (Å²) in [5.74, 6) is 2.69. The standard InChI is InChI=1S/C40H50N4/c1-2-3-27-40(28-17-6-4-5-7-18-29-40)30-19-16-24-34-31-44(36-26-15-14-25-35(34)36)39-42-37(32-20-10-8-11-21-32)41-38(43-39)33-22-12-9-13-23-33/h8-15,20-23,25-26,34H,2-7,16-19,24,27-31H2,1H3. The average Bonchev–Trinajstić information content (AvgIpc) is 3.50. The molecule has 230 valence electrons. The van der Waals surface area contributed by atoms with E-state index in [0.29, 0.717) is 11.3 Å². The Morgan fingerprint density at radius 1 is 0.636 bits per heavy atom. The van der Waals surface area contributed by atoms with Crippen LogP contribution in [0.1, 0.15) is 115 Å². The molecule has 4 heteroatoms. The van der Waals surface area contributed by atoms with Crippen molar-refractivity contribution in [1.29, 1.82) is 0 Å². The van der Waals surface area contributed by atoms with E-state index in [4.69, 9.17) is 15.0 Å². The summed E-state index contributed by atoms with van der Waals surface area (Å²) >= 11 is 0. The second-order valence-electron chi connectivity index (χ2n) is 13.4. The Hall–Kier alpha value is -3.53. The third-order valence-corrected chi connectivity index (χ3v) is 10.2. The van der Waals surface area contributed by atoms with Gasteiger partial charge in [-0.15, -0.1) is 0 Å². The van der Waals surface area contributed by atoms with E-state index in [0.717, 1.165) is 35.3 Å². The number of rotatable bonds is 11. The molecule has 1 unspecified atom stereocenters. The van der Waals surface area contributed by atoms with E-state index in [2.05, 4.69) is 60.4 Å². The molecule has 0 spiro atoms. The smallest absolute Gasteiger partial charge is 0.234 e. The van der Waals surface area contributed by atoms with Gasteiger partial charge >= 0.3 is 0 Å². The molecule has 2 aliphatic rings. The highest BCUT2D eigenvalue weighted by Crippen LogP contribution is 2.45. The van der Waals surface area contributed by atoms with Gasteiger partial charge in [0, 0.05) is 29.3 Å². The van der Waals surface area contributed by atoms with Gasteiger partial charge in [-0.1, -0.05) is 150 Å². The minimum Gasteiger partial charge on any atom is -0.310 e. The number of benzene rings is 3.